The zero-order valence-electron chi connectivity index (χ0n) is 22.0. The van der Waals surface area contributed by atoms with Gasteiger partial charge in [0.1, 0.15) is 11.5 Å². The Labute approximate surface area is 222 Å². The number of hydrazone groups is 1. The van der Waals surface area contributed by atoms with Crippen LogP contribution in [0.5, 0.6) is 0 Å². The quantitative estimate of drug-likeness (QED) is 0.447. The van der Waals surface area contributed by atoms with Gasteiger partial charge >= 0.3 is 0 Å². The van der Waals surface area contributed by atoms with Crippen LogP contribution < -0.4 is 11.1 Å². The van der Waals surface area contributed by atoms with E-state index in [2.05, 4.69) is 15.4 Å². The van der Waals surface area contributed by atoms with Crippen molar-refractivity contribution < 1.29 is 14.4 Å². The van der Waals surface area contributed by atoms with Crippen LogP contribution in [0.2, 0.25) is 0 Å². The van der Waals surface area contributed by atoms with E-state index in [0.717, 1.165) is 27.7 Å². The fourth-order valence-corrected chi connectivity index (χ4v) is 5.50. The molecule has 198 valence electrons. The predicted molar refractivity (Wildman–Crippen MR) is 146 cm³/mol. The lowest BCUT2D eigenvalue weighted by molar-refractivity contribution is -0.142. The Bertz CT molecular complexity index is 1410. The number of carbonyl (C=O) groups excluding carboxylic acids is 3. The van der Waals surface area contributed by atoms with E-state index < -0.39 is 22.9 Å². The van der Waals surface area contributed by atoms with E-state index in [9.17, 15) is 14.4 Å². The molecule has 0 saturated carbocycles. The molecule has 9 heteroatoms. The van der Waals surface area contributed by atoms with E-state index in [1.165, 1.54) is 5.01 Å². The molecule has 1 fully saturated rings. The molecule has 1 saturated heterocycles. The second-order valence-electron chi connectivity index (χ2n) is 10.9. The van der Waals surface area contributed by atoms with Gasteiger partial charge in [-0.2, -0.15) is 5.10 Å². The molecule has 38 heavy (non-hydrogen) atoms. The number of nitrogens with zero attached hydrogens (tertiary/aromatic N) is 3. The van der Waals surface area contributed by atoms with Gasteiger partial charge in [-0.25, -0.2) is 5.01 Å². The maximum Gasteiger partial charge on any atom is 0.256 e. The summed E-state index contributed by atoms with van der Waals surface area (Å²) in [7, 11) is 1.66. The maximum absolute atomic E-state index is 14.1. The van der Waals surface area contributed by atoms with Gasteiger partial charge in [0.25, 0.3) is 5.91 Å². The molecule has 1 aromatic heterocycles. The molecule has 0 bridgehead atoms. The van der Waals surface area contributed by atoms with Crippen molar-refractivity contribution >= 4 is 34.3 Å². The van der Waals surface area contributed by atoms with E-state index in [1.807, 2.05) is 60.8 Å². The lowest BCUT2D eigenvalue weighted by Gasteiger charge is -2.41. The highest BCUT2D eigenvalue weighted by atomic mass is 16.2. The summed E-state index contributed by atoms with van der Waals surface area (Å²) in [5, 5.41) is 9.84. The van der Waals surface area contributed by atoms with E-state index in [0.29, 0.717) is 25.8 Å². The van der Waals surface area contributed by atoms with Gasteiger partial charge in [-0.3, -0.25) is 14.4 Å². The summed E-state index contributed by atoms with van der Waals surface area (Å²) >= 11 is 0. The number of rotatable bonds is 7. The first-order chi connectivity index (χ1) is 18.1. The van der Waals surface area contributed by atoms with Crippen LogP contribution in [0.3, 0.4) is 0 Å². The summed E-state index contributed by atoms with van der Waals surface area (Å²) in [4.78, 5) is 45.5. The Morgan fingerprint density at radius 1 is 1.16 bits per heavy atom. The number of aromatic amines is 1. The normalized spacial score (nSPS) is 20.3. The number of likely N-dealkylation sites (tertiary alicyclic amines) is 1. The molecular formula is C29H34N6O3. The van der Waals surface area contributed by atoms with Gasteiger partial charge in [0.05, 0.1) is 11.3 Å². The number of amides is 3. The first kappa shape index (κ1) is 25.7. The van der Waals surface area contributed by atoms with Crippen LogP contribution >= 0.6 is 0 Å². The van der Waals surface area contributed by atoms with Crippen molar-refractivity contribution in [2.45, 2.75) is 44.7 Å². The summed E-state index contributed by atoms with van der Waals surface area (Å²) in [5.74, 6) is -0.762. The van der Waals surface area contributed by atoms with Crippen molar-refractivity contribution in [3.8, 4) is 0 Å². The van der Waals surface area contributed by atoms with E-state index >= 15 is 0 Å². The molecule has 0 radical (unpaired) electrons. The molecule has 0 spiro atoms. The highest BCUT2D eigenvalue weighted by molar-refractivity contribution is 6.13. The summed E-state index contributed by atoms with van der Waals surface area (Å²) < 4.78 is 0. The molecule has 2 aromatic carbocycles. The highest BCUT2D eigenvalue weighted by Crippen LogP contribution is 2.38. The number of nitrogens with one attached hydrogen (secondary N) is 2. The molecule has 2 atom stereocenters. The van der Waals surface area contributed by atoms with Crippen molar-refractivity contribution in [1.29, 1.82) is 0 Å². The monoisotopic (exact) mass is 514 g/mol. The third kappa shape index (κ3) is 4.69. The Hall–Kier alpha value is -3.98. The first-order valence-electron chi connectivity index (χ1n) is 12.9. The van der Waals surface area contributed by atoms with Crippen LogP contribution in [0.4, 0.5) is 0 Å². The lowest BCUT2D eigenvalue weighted by atomic mass is 9.73. The van der Waals surface area contributed by atoms with Crippen LogP contribution in [-0.2, 0) is 27.2 Å². The molecule has 3 aromatic rings. The van der Waals surface area contributed by atoms with E-state index in [4.69, 9.17) is 5.73 Å². The molecule has 3 heterocycles. The van der Waals surface area contributed by atoms with Gasteiger partial charge in [-0.15, -0.1) is 0 Å². The Morgan fingerprint density at radius 3 is 2.61 bits per heavy atom. The third-order valence-corrected chi connectivity index (χ3v) is 7.55. The topological polar surface area (TPSA) is 124 Å². The Morgan fingerprint density at radius 2 is 1.87 bits per heavy atom. The predicted octanol–water partition coefficient (Wildman–Crippen LogP) is 2.22. The van der Waals surface area contributed by atoms with E-state index in [-0.39, 0.29) is 18.4 Å². The van der Waals surface area contributed by atoms with Crippen molar-refractivity contribution in [2.75, 3.05) is 20.1 Å². The number of carbonyl (C=O) groups is 3. The number of nitrogens with two attached hydrogens (primary N) is 1. The van der Waals surface area contributed by atoms with E-state index in [1.54, 1.807) is 25.8 Å². The smallest absolute Gasteiger partial charge is 0.256 e. The van der Waals surface area contributed by atoms with Crippen LogP contribution in [0.15, 0.2) is 65.9 Å². The number of aromatic nitrogens is 1. The van der Waals surface area contributed by atoms with Crippen LogP contribution in [-0.4, -0.2) is 70.0 Å². The summed E-state index contributed by atoms with van der Waals surface area (Å²) in [6.07, 6.45) is 3.11. The number of hydrogen-bond acceptors (Lipinski definition) is 5. The van der Waals surface area contributed by atoms with Crippen LogP contribution in [0.25, 0.3) is 10.9 Å². The SMILES string of the molecule is CN1N=C2CCN(C(=O)[C@@H](Cc3c[nH]c4ccccc34)NC(=O)C(C)(C)N)CC2(Cc2ccccc2)C1=O. The van der Waals surface area contributed by atoms with Crippen molar-refractivity contribution in [3.63, 3.8) is 0 Å². The summed E-state index contributed by atoms with van der Waals surface area (Å²) in [6.45, 7) is 3.85. The van der Waals surface area contributed by atoms with Gasteiger partial charge in [0, 0.05) is 50.1 Å². The molecule has 2 aliphatic heterocycles. The molecular weight excluding hydrogens is 480 g/mol. The van der Waals surface area contributed by atoms with Gasteiger partial charge in [-0.1, -0.05) is 48.5 Å². The lowest BCUT2D eigenvalue weighted by Crippen LogP contribution is -2.61. The molecule has 4 N–H and O–H groups in total. The second kappa shape index (κ2) is 9.72. The molecule has 9 nitrogen and oxygen atoms in total. The summed E-state index contributed by atoms with van der Waals surface area (Å²) in [5.41, 5.74) is 7.68. The van der Waals surface area contributed by atoms with Crippen molar-refractivity contribution in [2.24, 2.45) is 16.3 Å². The number of para-hydroxylation sites is 1. The van der Waals surface area contributed by atoms with Crippen molar-refractivity contribution in [3.05, 3.63) is 71.9 Å². The zero-order valence-corrected chi connectivity index (χ0v) is 22.0. The fourth-order valence-electron chi connectivity index (χ4n) is 5.50. The highest BCUT2D eigenvalue weighted by Gasteiger charge is 2.54. The van der Waals surface area contributed by atoms with Gasteiger partial charge in [0.15, 0.2) is 0 Å². The van der Waals surface area contributed by atoms with Gasteiger partial charge in [0.2, 0.25) is 11.8 Å². The maximum atomic E-state index is 14.1. The molecule has 3 amide bonds. The number of H-pyrrole nitrogens is 1. The molecule has 0 aliphatic carbocycles. The first-order valence-corrected chi connectivity index (χ1v) is 12.9. The molecule has 5 rings (SSSR count). The number of benzene rings is 2. The number of fused-ring (bicyclic) bond motifs is 2. The van der Waals surface area contributed by atoms with Crippen molar-refractivity contribution in [1.82, 2.24) is 20.2 Å². The molecule has 2 aliphatic rings. The minimum absolute atomic E-state index is 0.117. The second-order valence-corrected chi connectivity index (χ2v) is 10.9. The Kier molecular flexibility index (Phi) is 6.56. The number of piperidine rings is 1. The van der Waals surface area contributed by atoms with Crippen LogP contribution in [0.1, 0.15) is 31.4 Å². The average molecular weight is 515 g/mol. The summed E-state index contributed by atoms with van der Waals surface area (Å²) in [6, 6.07) is 16.8. The number of hydrogen-bond donors (Lipinski definition) is 3. The minimum Gasteiger partial charge on any atom is -0.361 e. The fraction of sp³-hybridized carbons (Fsp3) is 0.379. The third-order valence-electron chi connectivity index (χ3n) is 7.55. The van der Waals surface area contributed by atoms with Gasteiger partial charge in [-0.05, 0) is 37.5 Å². The average Bonchev–Trinajstić information content (AvgIpc) is 3.41. The largest absolute Gasteiger partial charge is 0.361 e. The Balaban J connectivity index is 1.45. The molecule has 1 unspecified atom stereocenters. The van der Waals surface area contributed by atoms with Crippen LogP contribution in [0, 0.1) is 5.41 Å². The minimum atomic E-state index is -1.15. The van der Waals surface area contributed by atoms with Gasteiger partial charge < -0.3 is 20.9 Å². The zero-order chi connectivity index (χ0) is 27.1. The standard InChI is InChI=1S/C29H34N6O3/c1-28(2,30)26(37)32-23(15-20-17-31-22-12-8-7-11-21(20)22)25(36)35-14-13-24-29(18-35,27(38)34(3)33-24)16-19-9-5-4-6-10-19/h4-12,17,23,31H,13-16,18,30H2,1-3H3,(H,32,37)/t23-,29?/m1/s1.